The molecule has 0 fully saturated rings. The molecule has 1 N–H and O–H groups in total. The van der Waals surface area contributed by atoms with Gasteiger partial charge in [-0.1, -0.05) is 19.9 Å². The Kier molecular flexibility index (Phi) is 4.34. The van der Waals surface area contributed by atoms with Crippen LogP contribution in [0.15, 0.2) is 30.7 Å². The summed E-state index contributed by atoms with van der Waals surface area (Å²) >= 11 is 0. The number of pyridine rings is 1. The Labute approximate surface area is 108 Å². The van der Waals surface area contributed by atoms with Crippen molar-refractivity contribution in [1.29, 1.82) is 0 Å². The molecule has 0 aliphatic carbocycles. The highest BCUT2D eigenvalue weighted by Gasteiger charge is 2.06. The van der Waals surface area contributed by atoms with Crippen LogP contribution in [0.1, 0.15) is 31.7 Å². The minimum absolute atomic E-state index is 0.822. The number of aryl methyl sites for hydroxylation is 1. The van der Waals surface area contributed by atoms with E-state index in [1.165, 1.54) is 5.56 Å². The average Bonchev–Trinajstić information content (AvgIpc) is 2.85. The van der Waals surface area contributed by atoms with Gasteiger partial charge in [-0.2, -0.15) is 0 Å². The summed E-state index contributed by atoms with van der Waals surface area (Å²) in [5.74, 6) is 2.09. The lowest BCUT2D eigenvalue weighted by atomic mass is 10.2. The highest BCUT2D eigenvalue weighted by molar-refractivity contribution is 5.43. The molecule has 0 saturated carbocycles. The fourth-order valence-electron chi connectivity index (χ4n) is 1.95. The molecule has 0 radical (unpaired) electrons. The summed E-state index contributed by atoms with van der Waals surface area (Å²) in [7, 11) is 0. The third kappa shape index (κ3) is 2.88. The van der Waals surface area contributed by atoms with Crippen molar-refractivity contribution in [3.63, 3.8) is 0 Å². The first-order chi connectivity index (χ1) is 8.85. The minimum atomic E-state index is 0.822. The predicted octanol–water partition coefficient (Wildman–Crippen LogP) is 2.71. The van der Waals surface area contributed by atoms with Gasteiger partial charge in [-0.25, -0.2) is 9.97 Å². The molecule has 0 atom stereocenters. The number of aromatic nitrogens is 3. The second-order valence-electron chi connectivity index (χ2n) is 4.26. The van der Waals surface area contributed by atoms with E-state index < -0.39 is 0 Å². The first kappa shape index (κ1) is 12.6. The van der Waals surface area contributed by atoms with E-state index in [1.54, 1.807) is 0 Å². The van der Waals surface area contributed by atoms with Gasteiger partial charge in [0.25, 0.3) is 0 Å². The molecule has 96 valence electrons. The molecule has 0 bridgehead atoms. The van der Waals surface area contributed by atoms with Crippen molar-refractivity contribution < 1.29 is 0 Å². The molecule has 2 aromatic heterocycles. The van der Waals surface area contributed by atoms with Crippen molar-refractivity contribution in [2.75, 3.05) is 11.9 Å². The largest absolute Gasteiger partial charge is 0.370 e. The molecule has 2 rings (SSSR count). The predicted molar refractivity (Wildman–Crippen MR) is 73.7 cm³/mol. The van der Waals surface area contributed by atoms with E-state index in [1.807, 2.05) is 24.7 Å². The fraction of sp³-hybridized carbons (Fsp3) is 0.429. The molecule has 0 unspecified atom stereocenters. The molecule has 2 aromatic rings. The van der Waals surface area contributed by atoms with Crippen LogP contribution in [0, 0.1) is 0 Å². The number of nitrogens with zero attached hydrogens (tertiary/aromatic N) is 3. The zero-order chi connectivity index (χ0) is 12.8. The highest BCUT2D eigenvalue weighted by Crippen LogP contribution is 2.14. The van der Waals surface area contributed by atoms with Crippen molar-refractivity contribution in [3.05, 3.63) is 42.1 Å². The molecule has 0 amide bonds. The van der Waals surface area contributed by atoms with E-state index in [0.29, 0.717) is 0 Å². The Bertz CT molecular complexity index is 490. The molecule has 4 nitrogen and oxygen atoms in total. The number of hydrogen-bond acceptors (Lipinski definition) is 3. The van der Waals surface area contributed by atoms with Crippen LogP contribution >= 0.6 is 0 Å². The van der Waals surface area contributed by atoms with Gasteiger partial charge in [-0.05, 0) is 12.5 Å². The molecule has 18 heavy (non-hydrogen) atoms. The van der Waals surface area contributed by atoms with Gasteiger partial charge in [-0.15, -0.1) is 0 Å². The second kappa shape index (κ2) is 6.19. The van der Waals surface area contributed by atoms with E-state index in [4.69, 9.17) is 0 Å². The molecule has 2 heterocycles. The molecule has 0 aliphatic heterocycles. The summed E-state index contributed by atoms with van der Waals surface area (Å²) in [6.45, 7) is 6.05. The van der Waals surface area contributed by atoms with Gasteiger partial charge < -0.3 is 9.88 Å². The van der Waals surface area contributed by atoms with Crippen LogP contribution in [0.4, 0.5) is 5.82 Å². The van der Waals surface area contributed by atoms with E-state index >= 15 is 0 Å². The van der Waals surface area contributed by atoms with Crippen molar-refractivity contribution in [2.24, 2.45) is 0 Å². The summed E-state index contributed by atoms with van der Waals surface area (Å²) in [5, 5.41) is 3.37. The Morgan fingerprint density at radius 2 is 2.11 bits per heavy atom. The van der Waals surface area contributed by atoms with E-state index in [9.17, 15) is 0 Å². The van der Waals surface area contributed by atoms with Crippen LogP contribution in [0.5, 0.6) is 0 Å². The number of rotatable bonds is 6. The monoisotopic (exact) mass is 244 g/mol. The van der Waals surface area contributed by atoms with Crippen molar-refractivity contribution in [2.45, 2.75) is 33.2 Å². The van der Waals surface area contributed by atoms with Gasteiger partial charge in [0.15, 0.2) is 0 Å². The van der Waals surface area contributed by atoms with Crippen LogP contribution < -0.4 is 5.32 Å². The third-order valence-corrected chi connectivity index (χ3v) is 2.89. The molecule has 0 saturated heterocycles. The molecule has 0 aliphatic rings. The topological polar surface area (TPSA) is 42.7 Å². The summed E-state index contributed by atoms with van der Waals surface area (Å²) in [6, 6.07) is 4.10. The van der Waals surface area contributed by atoms with Gasteiger partial charge in [0.1, 0.15) is 11.6 Å². The number of hydrogen-bond donors (Lipinski definition) is 1. The van der Waals surface area contributed by atoms with Crippen molar-refractivity contribution >= 4 is 5.82 Å². The summed E-state index contributed by atoms with van der Waals surface area (Å²) in [4.78, 5) is 8.75. The van der Waals surface area contributed by atoms with Crippen LogP contribution in [0.3, 0.4) is 0 Å². The highest BCUT2D eigenvalue weighted by atomic mass is 15.1. The molecular weight excluding hydrogens is 224 g/mol. The maximum Gasteiger partial charge on any atom is 0.130 e. The van der Waals surface area contributed by atoms with Crippen LogP contribution in [0.2, 0.25) is 0 Å². The van der Waals surface area contributed by atoms with Gasteiger partial charge in [0.2, 0.25) is 0 Å². The van der Waals surface area contributed by atoms with E-state index in [0.717, 1.165) is 37.6 Å². The van der Waals surface area contributed by atoms with Crippen molar-refractivity contribution in [3.8, 4) is 0 Å². The maximum atomic E-state index is 4.41. The SMILES string of the molecule is CCCNc1ncccc1Cn1ccnc1CC. The average molecular weight is 244 g/mol. The van der Waals surface area contributed by atoms with E-state index in [-0.39, 0.29) is 0 Å². The normalized spacial score (nSPS) is 10.6. The van der Waals surface area contributed by atoms with Gasteiger partial charge in [-0.3, -0.25) is 0 Å². The van der Waals surface area contributed by atoms with Gasteiger partial charge in [0.05, 0.1) is 6.54 Å². The molecule has 4 heteroatoms. The van der Waals surface area contributed by atoms with Crippen LogP contribution in [-0.4, -0.2) is 21.1 Å². The fourth-order valence-corrected chi connectivity index (χ4v) is 1.95. The number of anilines is 1. The zero-order valence-electron chi connectivity index (χ0n) is 11.1. The lowest BCUT2D eigenvalue weighted by molar-refractivity contribution is 0.730. The lowest BCUT2D eigenvalue weighted by Gasteiger charge is -2.12. The minimum Gasteiger partial charge on any atom is -0.370 e. The summed E-state index contributed by atoms with van der Waals surface area (Å²) in [5.41, 5.74) is 1.21. The van der Waals surface area contributed by atoms with Crippen LogP contribution in [-0.2, 0) is 13.0 Å². The first-order valence-corrected chi connectivity index (χ1v) is 6.53. The summed E-state index contributed by atoms with van der Waals surface area (Å²) < 4.78 is 2.17. The zero-order valence-corrected chi connectivity index (χ0v) is 11.1. The molecular formula is C14H20N4. The summed E-state index contributed by atoms with van der Waals surface area (Å²) in [6.07, 6.45) is 7.76. The number of imidazole rings is 1. The second-order valence-corrected chi connectivity index (χ2v) is 4.26. The quantitative estimate of drug-likeness (QED) is 0.849. The Morgan fingerprint density at radius 3 is 2.89 bits per heavy atom. The van der Waals surface area contributed by atoms with Crippen LogP contribution in [0.25, 0.3) is 0 Å². The lowest BCUT2D eigenvalue weighted by Crippen LogP contribution is -2.09. The Hall–Kier alpha value is -1.84. The van der Waals surface area contributed by atoms with Crippen molar-refractivity contribution in [1.82, 2.24) is 14.5 Å². The molecule has 0 spiro atoms. The smallest absolute Gasteiger partial charge is 0.130 e. The van der Waals surface area contributed by atoms with Gasteiger partial charge >= 0.3 is 0 Å². The Balaban J connectivity index is 2.18. The van der Waals surface area contributed by atoms with Gasteiger partial charge in [0, 0.05) is 37.1 Å². The third-order valence-electron chi connectivity index (χ3n) is 2.89. The number of nitrogens with one attached hydrogen (secondary N) is 1. The van der Waals surface area contributed by atoms with E-state index in [2.05, 4.69) is 39.8 Å². The Morgan fingerprint density at radius 1 is 1.22 bits per heavy atom. The first-order valence-electron chi connectivity index (χ1n) is 6.53. The molecule has 0 aromatic carbocycles. The maximum absolute atomic E-state index is 4.41. The standard InChI is InChI=1S/C14H20N4/c1-3-7-16-14-12(6-5-8-17-14)11-18-10-9-15-13(18)4-2/h5-6,8-10H,3-4,7,11H2,1-2H3,(H,16,17).